The first-order valence-corrected chi connectivity index (χ1v) is 4.96. The topological polar surface area (TPSA) is 18.5 Å². The van der Waals surface area contributed by atoms with E-state index >= 15 is 0 Å². The summed E-state index contributed by atoms with van der Waals surface area (Å²) in [4.78, 5) is 9.33. The van der Waals surface area contributed by atoms with Gasteiger partial charge >= 0.3 is 0 Å². The van der Waals surface area contributed by atoms with Gasteiger partial charge in [-0.1, -0.05) is 39.5 Å². The highest BCUT2D eigenvalue weighted by atomic mass is 17.2. The summed E-state index contributed by atoms with van der Waals surface area (Å²) < 4.78 is 0. The zero-order valence-electron chi connectivity index (χ0n) is 8.64. The Morgan fingerprint density at radius 1 is 1.17 bits per heavy atom. The van der Waals surface area contributed by atoms with Crippen molar-refractivity contribution < 1.29 is 9.78 Å². The summed E-state index contributed by atoms with van der Waals surface area (Å²) in [6, 6.07) is 0. The minimum absolute atomic E-state index is 0.726. The molecule has 0 aliphatic heterocycles. The predicted molar refractivity (Wildman–Crippen MR) is 50.9 cm³/mol. The van der Waals surface area contributed by atoms with Crippen molar-refractivity contribution >= 4 is 0 Å². The molecule has 74 valence electrons. The van der Waals surface area contributed by atoms with E-state index in [1.807, 2.05) is 0 Å². The van der Waals surface area contributed by atoms with Crippen LogP contribution in [0.15, 0.2) is 0 Å². The Labute approximate surface area is 76.2 Å². The minimum Gasteiger partial charge on any atom is -0.240 e. The fourth-order valence-corrected chi connectivity index (χ4v) is 1.22. The van der Waals surface area contributed by atoms with E-state index in [1.165, 1.54) is 25.7 Å². The second-order valence-electron chi connectivity index (χ2n) is 3.38. The van der Waals surface area contributed by atoms with Gasteiger partial charge in [0.15, 0.2) is 0 Å². The molecule has 0 aromatic carbocycles. The van der Waals surface area contributed by atoms with Crippen molar-refractivity contribution in [3.8, 4) is 0 Å². The molecule has 0 saturated carbocycles. The van der Waals surface area contributed by atoms with Crippen LogP contribution in [0.1, 0.15) is 46.0 Å². The van der Waals surface area contributed by atoms with Crippen molar-refractivity contribution in [3.05, 3.63) is 0 Å². The van der Waals surface area contributed by atoms with Crippen molar-refractivity contribution in [2.45, 2.75) is 46.0 Å². The van der Waals surface area contributed by atoms with Gasteiger partial charge in [-0.05, 0) is 12.3 Å². The van der Waals surface area contributed by atoms with Crippen molar-refractivity contribution in [2.75, 3.05) is 13.7 Å². The van der Waals surface area contributed by atoms with Gasteiger partial charge in [-0.15, -0.1) is 0 Å². The molecule has 0 aromatic rings. The van der Waals surface area contributed by atoms with E-state index in [-0.39, 0.29) is 0 Å². The van der Waals surface area contributed by atoms with Crippen LogP contribution in [0.3, 0.4) is 0 Å². The molecule has 0 N–H and O–H groups in total. The molecular weight excluding hydrogens is 152 g/mol. The lowest BCUT2D eigenvalue weighted by Gasteiger charge is -2.09. The van der Waals surface area contributed by atoms with Crippen molar-refractivity contribution in [3.63, 3.8) is 0 Å². The van der Waals surface area contributed by atoms with E-state index in [0.717, 1.165) is 18.9 Å². The summed E-state index contributed by atoms with van der Waals surface area (Å²) in [5.74, 6) is 0.770. The van der Waals surface area contributed by atoms with Gasteiger partial charge in [0, 0.05) is 0 Å². The smallest absolute Gasteiger partial charge is 0.0824 e. The normalized spacial score (nSPS) is 13.2. The van der Waals surface area contributed by atoms with Crippen molar-refractivity contribution in [2.24, 2.45) is 5.92 Å². The standard InChI is InChI=1S/C10H22O2/c1-4-5-6-7-10(2)8-9-12-11-3/h10H,4-9H2,1-3H3. The Morgan fingerprint density at radius 2 is 1.92 bits per heavy atom. The summed E-state index contributed by atoms with van der Waals surface area (Å²) in [6.07, 6.45) is 6.44. The highest BCUT2D eigenvalue weighted by Gasteiger charge is 2.01. The second kappa shape index (κ2) is 9.01. The lowest BCUT2D eigenvalue weighted by atomic mass is 10.0. The lowest BCUT2D eigenvalue weighted by molar-refractivity contribution is -0.274. The van der Waals surface area contributed by atoms with E-state index in [4.69, 9.17) is 4.89 Å². The summed E-state index contributed by atoms with van der Waals surface area (Å²) in [5, 5.41) is 0. The maximum atomic E-state index is 4.81. The highest BCUT2D eigenvalue weighted by Crippen LogP contribution is 2.12. The summed E-state index contributed by atoms with van der Waals surface area (Å²) in [6.45, 7) is 5.23. The van der Waals surface area contributed by atoms with Crippen LogP contribution in [0.2, 0.25) is 0 Å². The quantitative estimate of drug-likeness (QED) is 0.320. The Kier molecular flexibility index (Phi) is 8.95. The Morgan fingerprint density at radius 3 is 2.50 bits per heavy atom. The Hall–Kier alpha value is -0.0800. The summed E-state index contributed by atoms with van der Waals surface area (Å²) >= 11 is 0. The molecule has 12 heavy (non-hydrogen) atoms. The van der Waals surface area contributed by atoms with E-state index in [2.05, 4.69) is 18.7 Å². The zero-order chi connectivity index (χ0) is 9.23. The second-order valence-corrected chi connectivity index (χ2v) is 3.38. The molecule has 0 aromatic heterocycles. The van der Waals surface area contributed by atoms with Crippen LogP contribution in [0.25, 0.3) is 0 Å². The van der Waals surface area contributed by atoms with E-state index in [1.54, 1.807) is 7.11 Å². The van der Waals surface area contributed by atoms with Crippen molar-refractivity contribution in [1.29, 1.82) is 0 Å². The van der Waals surface area contributed by atoms with Crippen LogP contribution in [0.4, 0.5) is 0 Å². The average molecular weight is 174 g/mol. The van der Waals surface area contributed by atoms with Gasteiger partial charge in [-0.2, -0.15) is 0 Å². The third kappa shape index (κ3) is 8.02. The third-order valence-electron chi connectivity index (χ3n) is 2.11. The lowest BCUT2D eigenvalue weighted by Crippen LogP contribution is -2.01. The van der Waals surface area contributed by atoms with Gasteiger partial charge in [0.05, 0.1) is 13.7 Å². The average Bonchev–Trinajstić information content (AvgIpc) is 2.06. The van der Waals surface area contributed by atoms with E-state index in [9.17, 15) is 0 Å². The molecule has 0 aliphatic rings. The highest BCUT2D eigenvalue weighted by molar-refractivity contribution is 4.52. The first-order chi connectivity index (χ1) is 5.81. The maximum absolute atomic E-state index is 4.81. The van der Waals surface area contributed by atoms with Gasteiger partial charge in [-0.3, -0.25) is 0 Å². The largest absolute Gasteiger partial charge is 0.240 e. The zero-order valence-corrected chi connectivity index (χ0v) is 8.64. The number of rotatable bonds is 8. The van der Waals surface area contributed by atoms with Gasteiger partial charge in [0.1, 0.15) is 0 Å². The molecular formula is C10H22O2. The number of unbranched alkanes of at least 4 members (excludes halogenated alkanes) is 2. The van der Waals surface area contributed by atoms with E-state index < -0.39 is 0 Å². The minimum atomic E-state index is 0.726. The van der Waals surface area contributed by atoms with E-state index in [0.29, 0.717) is 0 Å². The third-order valence-corrected chi connectivity index (χ3v) is 2.11. The first-order valence-electron chi connectivity index (χ1n) is 4.96. The van der Waals surface area contributed by atoms with Crippen LogP contribution in [0.5, 0.6) is 0 Å². The predicted octanol–water partition coefficient (Wildman–Crippen LogP) is 3.17. The molecule has 2 heteroatoms. The summed E-state index contributed by atoms with van der Waals surface area (Å²) in [5.41, 5.74) is 0. The molecule has 0 aliphatic carbocycles. The Bertz CT molecular complexity index is 73.9. The summed E-state index contributed by atoms with van der Waals surface area (Å²) in [7, 11) is 1.56. The van der Waals surface area contributed by atoms with Gasteiger partial charge in [0.25, 0.3) is 0 Å². The van der Waals surface area contributed by atoms with Crippen molar-refractivity contribution in [1.82, 2.24) is 0 Å². The number of hydrogen-bond donors (Lipinski definition) is 0. The van der Waals surface area contributed by atoms with Crippen LogP contribution in [0, 0.1) is 5.92 Å². The molecule has 0 amide bonds. The molecule has 1 unspecified atom stereocenters. The molecule has 1 atom stereocenters. The van der Waals surface area contributed by atoms with Gasteiger partial charge < -0.3 is 0 Å². The molecule has 0 rings (SSSR count). The molecule has 0 radical (unpaired) electrons. The van der Waals surface area contributed by atoms with Gasteiger partial charge in [0.2, 0.25) is 0 Å². The molecule has 0 spiro atoms. The van der Waals surface area contributed by atoms with Crippen LogP contribution < -0.4 is 0 Å². The fraction of sp³-hybridized carbons (Fsp3) is 1.00. The monoisotopic (exact) mass is 174 g/mol. The van der Waals surface area contributed by atoms with Crippen LogP contribution >= 0.6 is 0 Å². The first kappa shape index (κ1) is 11.9. The Balaban J connectivity index is 3.04. The molecule has 0 heterocycles. The van der Waals surface area contributed by atoms with Gasteiger partial charge in [-0.25, -0.2) is 9.78 Å². The fourth-order valence-electron chi connectivity index (χ4n) is 1.22. The molecule has 0 saturated heterocycles. The SMILES string of the molecule is CCCCCC(C)CCOOC. The molecule has 2 nitrogen and oxygen atoms in total. The maximum Gasteiger partial charge on any atom is 0.0824 e. The molecule has 0 bridgehead atoms. The van der Waals surface area contributed by atoms with Crippen LogP contribution in [-0.2, 0) is 9.78 Å². The number of hydrogen-bond acceptors (Lipinski definition) is 2. The van der Waals surface area contributed by atoms with Crippen LogP contribution in [-0.4, -0.2) is 13.7 Å². The molecule has 0 fully saturated rings.